The molecule has 0 saturated carbocycles. The maximum Gasteiger partial charge on any atom is 0.408 e. The van der Waals surface area contributed by atoms with E-state index in [9.17, 15) is 14.4 Å². The van der Waals surface area contributed by atoms with Crippen LogP contribution in [0.1, 0.15) is 31.4 Å². The van der Waals surface area contributed by atoms with E-state index in [1.165, 1.54) is 4.90 Å². The second kappa shape index (κ2) is 12.2. The lowest BCUT2D eigenvalue weighted by molar-refractivity contribution is -0.134. The van der Waals surface area contributed by atoms with E-state index < -0.39 is 18.2 Å². The Hall–Kier alpha value is -3.39. The van der Waals surface area contributed by atoms with Crippen molar-refractivity contribution in [3.63, 3.8) is 0 Å². The third-order valence-corrected chi connectivity index (χ3v) is 5.50. The van der Waals surface area contributed by atoms with Crippen LogP contribution in [0.2, 0.25) is 0 Å². The molecule has 1 aliphatic rings. The second-order valence-corrected chi connectivity index (χ2v) is 8.72. The van der Waals surface area contributed by atoms with Gasteiger partial charge in [-0.15, -0.1) is 0 Å². The van der Waals surface area contributed by atoms with Crippen LogP contribution >= 0.6 is 0 Å². The first-order chi connectivity index (χ1) is 16.4. The van der Waals surface area contributed by atoms with Gasteiger partial charge in [-0.05, 0) is 35.6 Å². The molecule has 8 heteroatoms. The van der Waals surface area contributed by atoms with Crippen LogP contribution in [-0.4, -0.2) is 55.0 Å². The number of methoxy groups -OCH3 is 1. The molecule has 1 N–H and O–H groups in total. The Morgan fingerprint density at radius 3 is 2.50 bits per heavy atom. The van der Waals surface area contributed by atoms with Gasteiger partial charge in [0, 0.05) is 0 Å². The second-order valence-electron chi connectivity index (χ2n) is 8.72. The molecule has 34 heavy (non-hydrogen) atoms. The van der Waals surface area contributed by atoms with Gasteiger partial charge < -0.3 is 24.4 Å². The standard InChI is InChI=1S/C26H32N2O6/c1-18(2)12-22(27-26(31)34-16-19-8-5-4-6-9-19)25(30)28-14-23(29)24(15-28)33-17-20-10-7-11-21(13-20)32-3/h4-11,13,18,22,24H,12,14-17H2,1-3H3,(H,27,31). The van der Waals surface area contributed by atoms with Crippen LogP contribution in [-0.2, 0) is 32.3 Å². The molecule has 0 radical (unpaired) electrons. The van der Waals surface area contributed by atoms with Gasteiger partial charge >= 0.3 is 6.09 Å². The number of nitrogens with one attached hydrogen (secondary N) is 1. The molecule has 0 spiro atoms. The lowest BCUT2D eigenvalue weighted by Crippen LogP contribution is -2.49. The van der Waals surface area contributed by atoms with E-state index in [4.69, 9.17) is 14.2 Å². The minimum atomic E-state index is -0.784. The third-order valence-electron chi connectivity index (χ3n) is 5.50. The smallest absolute Gasteiger partial charge is 0.408 e. The van der Waals surface area contributed by atoms with Crippen molar-refractivity contribution >= 4 is 17.8 Å². The molecule has 3 rings (SSSR count). The van der Waals surface area contributed by atoms with Crippen molar-refractivity contribution in [2.75, 3.05) is 20.2 Å². The Morgan fingerprint density at radius 1 is 1.06 bits per heavy atom. The molecule has 0 bridgehead atoms. The summed E-state index contributed by atoms with van der Waals surface area (Å²) in [6, 6.07) is 15.9. The number of Topliss-reactive ketones (excluding diaryl/α,β-unsaturated/α-hetero) is 1. The minimum absolute atomic E-state index is 0.0447. The van der Waals surface area contributed by atoms with Crippen LogP contribution in [0.3, 0.4) is 0 Å². The molecule has 1 heterocycles. The van der Waals surface area contributed by atoms with E-state index in [1.54, 1.807) is 7.11 Å². The number of rotatable bonds is 10. The molecule has 0 aromatic heterocycles. The summed E-state index contributed by atoms with van der Waals surface area (Å²) in [6.07, 6.45) is -0.946. The predicted octanol–water partition coefficient (Wildman–Crippen LogP) is 3.33. The fourth-order valence-corrected chi connectivity index (χ4v) is 3.75. The van der Waals surface area contributed by atoms with Crippen LogP contribution in [0.4, 0.5) is 4.79 Å². The van der Waals surface area contributed by atoms with Gasteiger partial charge in [0.25, 0.3) is 0 Å². The molecule has 2 aromatic carbocycles. The number of hydrogen-bond donors (Lipinski definition) is 1. The van der Waals surface area contributed by atoms with E-state index in [-0.39, 0.29) is 43.9 Å². The van der Waals surface area contributed by atoms with Crippen molar-refractivity contribution < 1.29 is 28.6 Å². The minimum Gasteiger partial charge on any atom is -0.497 e. The SMILES string of the molecule is COc1cccc(COC2CN(C(=O)C(CC(C)C)NC(=O)OCc3ccccc3)CC2=O)c1. The normalized spacial score (nSPS) is 16.4. The summed E-state index contributed by atoms with van der Waals surface area (Å²) >= 11 is 0. The van der Waals surface area contributed by atoms with Crippen LogP contribution in [0.15, 0.2) is 54.6 Å². The average Bonchev–Trinajstić information content (AvgIpc) is 3.21. The molecule has 182 valence electrons. The first kappa shape index (κ1) is 25.2. The zero-order chi connectivity index (χ0) is 24.5. The summed E-state index contributed by atoms with van der Waals surface area (Å²) in [4.78, 5) is 39.5. The van der Waals surface area contributed by atoms with Gasteiger partial charge in [-0.1, -0.05) is 56.3 Å². The zero-order valence-electron chi connectivity index (χ0n) is 19.9. The van der Waals surface area contributed by atoms with Crippen molar-refractivity contribution in [2.24, 2.45) is 5.92 Å². The largest absolute Gasteiger partial charge is 0.497 e. The molecular formula is C26H32N2O6. The number of alkyl carbamates (subject to hydrolysis) is 1. The summed E-state index contributed by atoms with van der Waals surface area (Å²) in [5, 5.41) is 2.68. The number of hydrogen-bond acceptors (Lipinski definition) is 6. The van der Waals surface area contributed by atoms with Gasteiger partial charge in [-0.2, -0.15) is 0 Å². The van der Waals surface area contributed by atoms with Crippen LogP contribution in [0.5, 0.6) is 5.75 Å². The van der Waals surface area contributed by atoms with Crippen LogP contribution < -0.4 is 10.1 Å². The summed E-state index contributed by atoms with van der Waals surface area (Å²) < 4.78 is 16.3. The van der Waals surface area contributed by atoms with Gasteiger partial charge in [0.1, 0.15) is 24.5 Å². The molecule has 2 unspecified atom stereocenters. The molecule has 1 aliphatic heterocycles. The number of benzene rings is 2. The Labute approximate surface area is 200 Å². The fraction of sp³-hybridized carbons (Fsp3) is 0.423. The molecule has 8 nitrogen and oxygen atoms in total. The Bertz CT molecular complexity index is 978. The van der Waals surface area contributed by atoms with E-state index in [0.29, 0.717) is 12.2 Å². The lowest BCUT2D eigenvalue weighted by Gasteiger charge is -2.25. The molecular weight excluding hydrogens is 436 g/mol. The van der Waals surface area contributed by atoms with Crippen molar-refractivity contribution in [3.05, 3.63) is 65.7 Å². The van der Waals surface area contributed by atoms with E-state index in [0.717, 1.165) is 11.1 Å². The Balaban J connectivity index is 1.55. The van der Waals surface area contributed by atoms with Gasteiger partial charge in [-0.25, -0.2) is 4.79 Å². The average molecular weight is 469 g/mol. The van der Waals surface area contributed by atoms with Crippen molar-refractivity contribution in [2.45, 2.75) is 45.6 Å². The predicted molar refractivity (Wildman–Crippen MR) is 126 cm³/mol. The number of ether oxygens (including phenoxy) is 3. The molecule has 0 aliphatic carbocycles. The molecule has 2 amide bonds. The highest BCUT2D eigenvalue weighted by atomic mass is 16.5. The van der Waals surface area contributed by atoms with Gasteiger partial charge in [0.15, 0.2) is 5.78 Å². The first-order valence-electron chi connectivity index (χ1n) is 11.4. The van der Waals surface area contributed by atoms with Gasteiger partial charge in [0.2, 0.25) is 5.91 Å². The van der Waals surface area contributed by atoms with Crippen molar-refractivity contribution in [1.29, 1.82) is 0 Å². The third kappa shape index (κ3) is 7.31. The van der Waals surface area contributed by atoms with Gasteiger partial charge in [-0.3, -0.25) is 9.59 Å². The molecule has 2 atom stereocenters. The highest BCUT2D eigenvalue weighted by Gasteiger charge is 2.37. The fourth-order valence-electron chi connectivity index (χ4n) is 3.75. The summed E-state index contributed by atoms with van der Waals surface area (Å²) in [5.41, 5.74) is 1.72. The van der Waals surface area contributed by atoms with E-state index in [2.05, 4.69) is 5.32 Å². The number of ketones is 1. The molecule has 2 aromatic rings. The number of carbonyl (C=O) groups excluding carboxylic acids is 3. The maximum absolute atomic E-state index is 13.2. The zero-order valence-corrected chi connectivity index (χ0v) is 19.9. The van der Waals surface area contributed by atoms with Crippen LogP contribution in [0.25, 0.3) is 0 Å². The van der Waals surface area contributed by atoms with Crippen LogP contribution in [0, 0.1) is 5.92 Å². The highest BCUT2D eigenvalue weighted by molar-refractivity contribution is 5.95. The quantitative estimate of drug-likeness (QED) is 0.575. The van der Waals surface area contributed by atoms with Crippen molar-refractivity contribution in [1.82, 2.24) is 10.2 Å². The highest BCUT2D eigenvalue weighted by Crippen LogP contribution is 2.18. The van der Waals surface area contributed by atoms with Gasteiger partial charge in [0.05, 0.1) is 26.8 Å². The summed E-state index contributed by atoms with van der Waals surface area (Å²) in [7, 11) is 1.59. The molecule has 1 fully saturated rings. The number of carbonyl (C=O) groups is 3. The number of nitrogens with zero attached hydrogens (tertiary/aromatic N) is 1. The monoisotopic (exact) mass is 468 g/mol. The van der Waals surface area contributed by atoms with E-state index in [1.807, 2.05) is 68.4 Å². The number of likely N-dealkylation sites (tertiary alicyclic amines) is 1. The topological polar surface area (TPSA) is 94.2 Å². The Kier molecular flexibility index (Phi) is 9.04. The Morgan fingerprint density at radius 2 is 1.79 bits per heavy atom. The summed E-state index contributed by atoms with van der Waals surface area (Å²) in [5.74, 6) is 0.386. The van der Waals surface area contributed by atoms with Crippen molar-refractivity contribution in [3.8, 4) is 5.75 Å². The number of amides is 2. The lowest BCUT2D eigenvalue weighted by atomic mass is 10.0. The maximum atomic E-state index is 13.2. The molecule has 1 saturated heterocycles. The first-order valence-corrected chi connectivity index (χ1v) is 11.4. The van der Waals surface area contributed by atoms with E-state index >= 15 is 0 Å². The summed E-state index contributed by atoms with van der Waals surface area (Å²) in [6.45, 7) is 4.37.